The lowest BCUT2D eigenvalue weighted by Gasteiger charge is -2.18. The first-order chi connectivity index (χ1) is 13.7. The Morgan fingerprint density at radius 1 is 0.964 bits per heavy atom. The number of nitrogen functional groups attached to an aromatic ring is 1. The zero-order valence-electron chi connectivity index (χ0n) is 15.1. The molecule has 2 heterocycles. The molecule has 0 bridgehead atoms. The minimum absolute atomic E-state index is 0.0200. The van der Waals surface area contributed by atoms with E-state index < -0.39 is 0 Å². The van der Waals surface area contributed by atoms with Crippen LogP contribution in [-0.4, -0.2) is 16.1 Å². The lowest BCUT2D eigenvalue weighted by Crippen LogP contribution is -2.23. The number of H-pyrrole nitrogens is 1. The fourth-order valence-corrected chi connectivity index (χ4v) is 3.71. The van der Waals surface area contributed by atoms with Crippen LogP contribution in [0.15, 0.2) is 66.7 Å². The topological polar surface area (TPSA) is 75.0 Å². The van der Waals surface area contributed by atoms with Crippen LogP contribution in [0.4, 0.5) is 11.4 Å². The Hall–Kier alpha value is -3.86. The highest BCUT2D eigenvalue weighted by Crippen LogP contribution is 2.34. The summed E-state index contributed by atoms with van der Waals surface area (Å²) in [5.41, 5.74) is 12.0. The van der Waals surface area contributed by atoms with Gasteiger partial charge in [-0.2, -0.15) is 5.10 Å². The summed E-state index contributed by atoms with van der Waals surface area (Å²) in [7, 11) is 0. The third kappa shape index (κ3) is 2.56. The molecule has 5 rings (SSSR count). The number of aromatic nitrogens is 2. The highest BCUT2D eigenvalue weighted by atomic mass is 16.2. The Balaban J connectivity index is 1.52. The van der Waals surface area contributed by atoms with E-state index in [2.05, 4.69) is 10.2 Å². The van der Waals surface area contributed by atoms with Crippen molar-refractivity contribution in [2.24, 2.45) is 0 Å². The molecule has 0 aliphatic carbocycles. The fraction of sp³-hybridized carbons (Fsp3) is 0.0435. The molecule has 0 atom stereocenters. The maximum absolute atomic E-state index is 12.9. The number of hydrogen-bond donors (Lipinski definition) is 2. The Morgan fingerprint density at radius 3 is 2.68 bits per heavy atom. The molecule has 28 heavy (non-hydrogen) atoms. The summed E-state index contributed by atoms with van der Waals surface area (Å²) in [6, 6.07) is 21.4. The van der Waals surface area contributed by atoms with Crippen LogP contribution in [0, 0.1) is 0 Å². The van der Waals surface area contributed by atoms with Crippen LogP contribution in [0.25, 0.3) is 23.1 Å². The second-order valence-corrected chi connectivity index (χ2v) is 6.81. The minimum atomic E-state index is -0.0200. The summed E-state index contributed by atoms with van der Waals surface area (Å²) < 4.78 is 0. The van der Waals surface area contributed by atoms with E-state index >= 15 is 0 Å². The molecule has 5 heteroatoms. The number of nitrogens with two attached hydrogens (primary N) is 1. The predicted octanol–water partition coefficient (Wildman–Crippen LogP) is 4.48. The van der Waals surface area contributed by atoms with E-state index in [-0.39, 0.29) is 5.91 Å². The summed E-state index contributed by atoms with van der Waals surface area (Å²) in [5.74, 6) is -0.0200. The van der Waals surface area contributed by atoms with Crippen LogP contribution >= 0.6 is 0 Å². The van der Waals surface area contributed by atoms with E-state index in [0.29, 0.717) is 17.8 Å². The van der Waals surface area contributed by atoms with Crippen molar-refractivity contribution in [2.75, 3.05) is 10.6 Å². The van der Waals surface area contributed by atoms with Crippen molar-refractivity contribution in [1.82, 2.24) is 10.2 Å². The minimum Gasteiger partial charge on any atom is -0.398 e. The molecule has 1 amide bonds. The number of anilines is 2. The van der Waals surface area contributed by atoms with E-state index in [1.54, 1.807) is 4.90 Å². The van der Waals surface area contributed by atoms with E-state index in [4.69, 9.17) is 5.73 Å². The van der Waals surface area contributed by atoms with Gasteiger partial charge < -0.3 is 10.6 Å². The van der Waals surface area contributed by atoms with E-state index in [1.165, 1.54) is 0 Å². The molecule has 0 radical (unpaired) electrons. The molecule has 5 nitrogen and oxygen atoms in total. The SMILES string of the molecule is Nc1cccc2c1CN(c1ccccc1/C=C/c1n[nH]c3ccccc13)C2=O. The third-order valence-electron chi connectivity index (χ3n) is 5.15. The molecule has 0 spiro atoms. The molecule has 136 valence electrons. The fourth-order valence-electron chi connectivity index (χ4n) is 3.71. The summed E-state index contributed by atoms with van der Waals surface area (Å²) in [5, 5.41) is 8.49. The van der Waals surface area contributed by atoms with Gasteiger partial charge in [0, 0.05) is 22.2 Å². The van der Waals surface area contributed by atoms with E-state index in [9.17, 15) is 4.79 Å². The van der Waals surface area contributed by atoms with Crippen molar-refractivity contribution in [3.63, 3.8) is 0 Å². The average molecular weight is 366 g/mol. The Bertz CT molecular complexity index is 1240. The number of rotatable bonds is 3. The molecule has 4 aromatic rings. The molecule has 0 saturated heterocycles. The van der Waals surface area contributed by atoms with Gasteiger partial charge in [-0.15, -0.1) is 0 Å². The van der Waals surface area contributed by atoms with Crippen molar-refractivity contribution in [2.45, 2.75) is 6.54 Å². The summed E-state index contributed by atoms with van der Waals surface area (Å²) in [4.78, 5) is 14.7. The normalized spacial score (nSPS) is 13.6. The third-order valence-corrected chi connectivity index (χ3v) is 5.15. The van der Waals surface area contributed by atoms with Crippen molar-refractivity contribution in [1.29, 1.82) is 0 Å². The number of aromatic amines is 1. The zero-order valence-corrected chi connectivity index (χ0v) is 15.1. The second-order valence-electron chi connectivity index (χ2n) is 6.81. The standard InChI is InChI=1S/C23H18N4O/c24-19-9-5-8-16-18(19)14-27(23(16)28)22-11-4-1-6-15(22)12-13-21-17-7-2-3-10-20(17)25-26-21/h1-13H,14,24H2,(H,25,26)/b13-12+. The zero-order chi connectivity index (χ0) is 19.1. The van der Waals surface area contributed by atoms with Gasteiger partial charge in [-0.25, -0.2) is 0 Å². The molecule has 1 aromatic heterocycles. The second kappa shape index (κ2) is 6.39. The Kier molecular flexibility index (Phi) is 3.72. The van der Waals surface area contributed by atoms with Gasteiger partial charge in [-0.1, -0.05) is 48.5 Å². The molecule has 0 fully saturated rings. The van der Waals surface area contributed by atoms with Crippen LogP contribution in [0.2, 0.25) is 0 Å². The molecule has 1 aliphatic heterocycles. The summed E-state index contributed by atoms with van der Waals surface area (Å²) in [6.07, 6.45) is 3.97. The van der Waals surface area contributed by atoms with Crippen molar-refractivity contribution in [3.8, 4) is 0 Å². The number of nitrogens with one attached hydrogen (secondary N) is 1. The van der Waals surface area contributed by atoms with Gasteiger partial charge in [0.15, 0.2) is 0 Å². The van der Waals surface area contributed by atoms with Gasteiger partial charge in [0.2, 0.25) is 0 Å². The molecular weight excluding hydrogens is 348 g/mol. The lowest BCUT2D eigenvalue weighted by atomic mass is 10.1. The van der Waals surface area contributed by atoms with Gasteiger partial charge in [-0.05, 0) is 35.9 Å². The van der Waals surface area contributed by atoms with Crippen LogP contribution in [0.5, 0.6) is 0 Å². The first kappa shape index (κ1) is 16.3. The number of fused-ring (bicyclic) bond motifs is 2. The van der Waals surface area contributed by atoms with Gasteiger partial charge in [0.25, 0.3) is 5.91 Å². The van der Waals surface area contributed by atoms with Crippen molar-refractivity contribution in [3.05, 3.63) is 89.1 Å². The predicted molar refractivity (Wildman–Crippen MR) is 113 cm³/mol. The van der Waals surface area contributed by atoms with Gasteiger partial charge in [0.05, 0.1) is 23.4 Å². The number of nitrogens with zero attached hydrogens (tertiary/aromatic N) is 2. The monoisotopic (exact) mass is 366 g/mol. The van der Waals surface area contributed by atoms with Gasteiger partial charge in [0.1, 0.15) is 0 Å². The van der Waals surface area contributed by atoms with Crippen LogP contribution in [0.1, 0.15) is 27.2 Å². The van der Waals surface area contributed by atoms with E-state index in [1.807, 2.05) is 78.9 Å². The van der Waals surface area contributed by atoms with Crippen molar-refractivity contribution < 1.29 is 4.79 Å². The van der Waals surface area contributed by atoms with Gasteiger partial charge in [-0.3, -0.25) is 9.89 Å². The van der Waals surface area contributed by atoms with Crippen LogP contribution < -0.4 is 10.6 Å². The van der Waals surface area contributed by atoms with Crippen LogP contribution in [-0.2, 0) is 6.54 Å². The maximum atomic E-state index is 12.9. The number of hydrogen-bond acceptors (Lipinski definition) is 3. The first-order valence-corrected chi connectivity index (χ1v) is 9.12. The number of amides is 1. The van der Waals surface area contributed by atoms with Gasteiger partial charge >= 0.3 is 0 Å². The molecule has 3 N–H and O–H groups in total. The summed E-state index contributed by atoms with van der Waals surface area (Å²) in [6.45, 7) is 0.483. The van der Waals surface area contributed by atoms with Crippen LogP contribution in [0.3, 0.4) is 0 Å². The highest BCUT2D eigenvalue weighted by molar-refractivity contribution is 6.12. The molecule has 0 saturated carbocycles. The van der Waals surface area contributed by atoms with E-state index in [0.717, 1.165) is 33.4 Å². The largest absolute Gasteiger partial charge is 0.398 e. The molecule has 0 unspecified atom stereocenters. The number of benzene rings is 3. The van der Waals surface area contributed by atoms with Crippen molar-refractivity contribution >= 4 is 40.3 Å². The number of carbonyl (C=O) groups is 1. The molecular formula is C23H18N4O. The molecule has 3 aromatic carbocycles. The Morgan fingerprint density at radius 2 is 1.79 bits per heavy atom. The highest BCUT2D eigenvalue weighted by Gasteiger charge is 2.30. The first-order valence-electron chi connectivity index (χ1n) is 9.12. The molecule has 1 aliphatic rings. The number of carbonyl (C=O) groups excluding carboxylic acids is 1. The quantitative estimate of drug-likeness (QED) is 0.525. The Labute approximate surface area is 162 Å². The maximum Gasteiger partial charge on any atom is 0.259 e. The smallest absolute Gasteiger partial charge is 0.259 e. The number of para-hydroxylation sites is 2. The average Bonchev–Trinajstić information content (AvgIpc) is 3.29. The lowest BCUT2D eigenvalue weighted by molar-refractivity contribution is 0.0996. The summed E-state index contributed by atoms with van der Waals surface area (Å²) >= 11 is 0.